The van der Waals surface area contributed by atoms with Crippen molar-refractivity contribution in [3.8, 4) is 0 Å². The molecule has 0 spiro atoms. The number of aliphatic hydroxyl groups is 1. The second kappa shape index (κ2) is 7.62. The van der Waals surface area contributed by atoms with E-state index in [0.29, 0.717) is 25.5 Å². The highest BCUT2D eigenvalue weighted by atomic mass is 16.5. The van der Waals surface area contributed by atoms with Gasteiger partial charge in [0.1, 0.15) is 0 Å². The average molecular weight is 203 g/mol. The van der Waals surface area contributed by atoms with Crippen molar-refractivity contribution in [2.24, 2.45) is 11.8 Å². The fourth-order valence-electron chi connectivity index (χ4n) is 0.783. The van der Waals surface area contributed by atoms with Gasteiger partial charge in [-0.3, -0.25) is 0 Å². The number of nitrogens with one attached hydrogen (secondary N) is 1. The molecule has 14 heavy (non-hydrogen) atoms. The largest absolute Gasteiger partial charge is 0.450 e. The number of hydrogen-bond donors (Lipinski definition) is 2. The van der Waals surface area contributed by atoms with Gasteiger partial charge in [0, 0.05) is 13.2 Å². The van der Waals surface area contributed by atoms with Gasteiger partial charge in [-0.1, -0.05) is 20.8 Å². The molecule has 0 saturated carbocycles. The molecule has 1 atom stereocenters. The van der Waals surface area contributed by atoms with Gasteiger partial charge in [-0.2, -0.15) is 0 Å². The summed E-state index contributed by atoms with van der Waals surface area (Å²) in [4.78, 5) is 11.0. The van der Waals surface area contributed by atoms with E-state index in [0.717, 1.165) is 0 Å². The van der Waals surface area contributed by atoms with Gasteiger partial charge in [0.2, 0.25) is 0 Å². The Hall–Kier alpha value is -0.770. The molecule has 0 radical (unpaired) electrons. The van der Waals surface area contributed by atoms with Crippen LogP contribution < -0.4 is 5.32 Å². The smallest absolute Gasteiger partial charge is 0.407 e. The molecule has 0 bridgehead atoms. The van der Waals surface area contributed by atoms with Gasteiger partial charge < -0.3 is 15.2 Å². The minimum atomic E-state index is -0.371. The first-order chi connectivity index (χ1) is 6.56. The van der Waals surface area contributed by atoms with Crippen molar-refractivity contribution in [3.63, 3.8) is 0 Å². The molecule has 0 aromatic heterocycles. The summed E-state index contributed by atoms with van der Waals surface area (Å²) in [5.41, 5.74) is 0. The molecule has 0 aromatic rings. The van der Waals surface area contributed by atoms with Crippen LogP contribution in [0.4, 0.5) is 4.79 Å². The van der Waals surface area contributed by atoms with Gasteiger partial charge in [-0.25, -0.2) is 4.79 Å². The quantitative estimate of drug-likeness (QED) is 0.685. The fraction of sp³-hybridized carbons (Fsp3) is 0.900. The Labute approximate surface area is 85.6 Å². The summed E-state index contributed by atoms with van der Waals surface area (Å²) in [6.07, 6.45) is 0.329. The third-order valence-electron chi connectivity index (χ3n) is 1.81. The Balaban J connectivity index is 3.35. The van der Waals surface area contributed by atoms with E-state index in [-0.39, 0.29) is 18.6 Å². The molecule has 0 aliphatic carbocycles. The fourth-order valence-corrected chi connectivity index (χ4v) is 0.783. The van der Waals surface area contributed by atoms with Gasteiger partial charge in [0.15, 0.2) is 0 Å². The number of carbonyl (C=O) groups excluding carboxylic acids is 1. The molecule has 0 rings (SSSR count). The normalized spacial score (nSPS) is 12.6. The monoisotopic (exact) mass is 203 g/mol. The lowest BCUT2D eigenvalue weighted by atomic mass is 10.1. The lowest BCUT2D eigenvalue weighted by Crippen LogP contribution is -2.28. The van der Waals surface area contributed by atoms with Crippen LogP contribution in [0.15, 0.2) is 0 Å². The third kappa shape index (κ3) is 7.86. The molecular weight excluding hydrogens is 182 g/mol. The van der Waals surface area contributed by atoms with Gasteiger partial charge in [-0.05, 0) is 18.3 Å². The van der Waals surface area contributed by atoms with Crippen molar-refractivity contribution in [2.75, 3.05) is 19.8 Å². The highest BCUT2D eigenvalue weighted by Crippen LogP contribution is 1.99. The van der Waals surface area contributed by atoms with Crippen LogP contribution in [-0.4, -0.2) is 31.0 Å². The lowest BCUT2D eigenvalue weighted by Gasteiger charge is -2.10. The van der Waals surface area contributed by atoms with Crippen molar-refractivity contribution < 1.29 is 14.6 Å². The lowest BCUT2D eigenvalue weighted by molar-refractivity contribution is 0.130. The first kappa shape index (κ1) is 13.2. The number of alkyl carbamates (subject to hydrolysis) is 1. The summed E-state index contributed by atoms with van der Waals surface area (Å²) in [6.45, 7) is 7.09. The molecule has 4 heteroatoms. The maximum atomic E-state index is 11.0. The second-order valence-corrected chi connectivity index (χ2v) is 3.99. The molecule has 0 heterocycles. The average Bonchev–Trinajstić information content (AvgIpc) is 2.14. The van der Waals surface area contributed by atoms with E-state index >= 15 is 0 Å². The Morgan fingerprint density at radius 3 is 2.57 bits per heavy atom. The van der Waals surface area contributed by atoms with Gasteiger partial charge in [0.05, 0.1) is 6.61 Å². The highest BCUT2D eigenvalue weighted by Gasteiger charge is 2.04. The predicted molar refractivity (Wildman–Crippen MR) is 55.1 cm³/mol. The summed E-state index contributed by atoms with van der Waals surface area (Å²) in [6, 6.07) is 0. The zero-order valence-corrected chi connectivity index (χ0v) is 9.25. The van der Waals surface area contributed by atoms with Gasteiger partial charge in [0.25, 0.3) is 0 Å². The molecule has 0 aliphatic rings. The highest BCUT2D eigenvalue weighted by molar-refractivity contribution is 5.67. The van der Waals surface area contributed by atoms with Crippen molar-refractivity contribution in [2.45, 2.75) is 27.2 Å². The minimum absolute atomic E-state index is 0.136. The van der Waals surface area contributed by atoms with Crippen molar-refractivity contribution in [3.05, 3.63) is 0 Å². The standard InChI is InChI=1S/C10H21NO3/c1-8(2)6-11-10(13)14-5-4-9(3)7-12/h8-9,12H,4-7H2,1-3H3,(H,11,13). The number of rotatable bonds is 6. The molecule has 84 valence electrons. The van der Waals surface area contributed by atoms with E-state index in [9.17, 15) is 4.79 Å². The SMILES string of the molecule is CC(C)CNC(=O)OCCC(C)CO. The molecule has 0 aromatic carbocycles. The Kier molecular flexibility index (Phi) is 7.20. The number of carbonyl (C=O) groups is 1. The maximum Gasteiger partial charge on any atom is 0.407 e. The molecule has 1 unspecified atom stereocenters. The van der Waals surface area contributed by atoms with E-state index in [1.807, 2.05) is 20.8 Å². The zero-order chi connectivity index (χ0) is 11.0. The minimum Gasteiger partial charge on any atom is -0.450 e. The van der Waals surface area contributed by atoms with Crippen LogP contribution in [0.3, 0.4) is 0 Å². The van der Waals surface area contributed by atoms with Crippen LogP contribution in [0, 0.1) is 11.8 Å². The third-order valence-corrected chi connectivity index (χ3v) is 1.81. The van der Waals surface area contributed by atoms with Crippen LogP contribution in [0.25, 0.3) is 0 Å². The summed E-state index contributed by atoms with van der Waals surface area (Å²) < 4.78 is 4.90. The van der Waals surface area contributed by atoms with E-state index in [1.165, 1.54) is 0 Å². The molecule has 0 fully saturated rings. The summed E-state index contributed by atoms with van der Waals surface area (Å²) in [5, 5.41) is 11.4. The van der Waals surface area contributed by atoms with Gasteiger partial charge in [-0.15, -0.1) is 0 Å². The molecule has 2 N–H and O–H groups in total. The van der Waals surface area contributed by atoms with E-state index in [1.54, 1.807) is 0 Å². The van der Waals surface area contributed by atoms with E-state index < -0.39 is 0 Å². The summed E-state index contributed by atoms with van der Waals surface area (Å²) in [5.74, 6) is 0.617. The Bertz CT molecular complexity index is 159. The first-order valence-corrected chi connectivity index (χ1v) is 5.07. The number of aliphatic hydroxyl groups excluding tert-OH is 1. The molecule has 0 aliphatic heterocycles. The van der Waals surface area contributed by atoms with E-state index in [4.69, 9.17) is 9.84 Å². The van der Waals surface area contributed by atoms with Crippen LogP contribution in [0.5, 0.6) is 0 Å². The van der Waals surface area contributed by atoms with Crippen LogP contribution in [0.2, 0.25) is 0 Å². The number of amides is 1. The molecule has 1 amide bonds. The topological polar surface area (TPSA) is 58.6 Å². The van der Waals surface area contributed by atoms with Crippen molar-refractivity contribution in [1.82, 2.24) is 5.32 Å². The summed E-state index contributed by atoms with van der Waals surface area (Å²) >= 11 is 0. The van der Waals surface area contributed by atoms with E-state index in [2.05, 4.69) is 5.32 Å². The predicted octanol–water partition coefficient (Wildman–Crippen LogP) is 1.39. The van der Waals surface area contributed by atoms with Crippen molar-refractivity contribution >= 4 is 6.09 Å². The van der Waals surface area contributed by atoms with Crippen molar-refractivity contribution in [1.29, 1.82) is 0 Å². The molecule has 4 nitrogen and oxygen atoms in total. The number of hydrogen-bond acceptors (Lipinski definition) is 3. The van der Waals surface area contributed by atoms with Gasteiger partial charge >= 0.3 is 6.09 Å². The number of ether oxygens (including phenoxy) is 1. The van der Waals surface area contributed by atoms with Crippen LogP contribution in [0.1, 0.15) is 27.2 Å². The van der Waals surface area contributed by atoms with Crippen LogP contribution >= 0.6 is 0 Å². The Morgan fingerprint density at radius 2 is 2.07 bits per heavy atom. The zero-order valence-electron chi connectivity index (χ0n) is 9.25. The van der Waals surface area contributed by atoms with Crippen LogP contribution in [-0.2, 0) is 4.74 Å². The summed E-state index contributed by atoms with van der Waals surface area (Å²) in [7, 11) is 0. The first-order valence-electron chi connectivity index (χ1n) is 5.07. The Morgan fingerprint density at radius 1 is 1.43 bits per heavy atom. The second-order valence-electron chi connectivity index (χ2n) is 3.99. The molecule has 0 saturated heterocycles. The maximum absolute atomic E-state index is 11.0. The molecular formula is C10H21NO3.